The molecule has 0 spiro atoms. The maximum Gasteiger partial charge on any atom is 0.261 e. The van der Waals surface area contributed by atoms with Crippen molar-refractivity contribution < 1.29 is 14.3 Å². The third-order valence-corrected chi connectivity index (χ3v) is 8.98. The van der Waals surface area contributed by atoms with Crippen molar-refractivity contribution in [2.75, 3.05) is 37.5 Å². The molecule has 0 aromatic heterocycles. The molecule has 1 aliphatic carbocycles. The molecular weight excluding hydrogens is 540 g/mol. The van der Waals surface area contributed by atoms with E-state index < -0.39 is 0 Å². The summed E-state index contributed by atoms with van der Waals surface area (Å²) in [7, 11) is 1.82. The summed E-state index contributed by atoms with van der Waals surface area (Å²) in [5.41, 5.74) is 4.26. The number of hydrogen-bond acceptors (Lipinski definition) is 5. The average Bonchev–Trinajstić information content (AvgIpc) is 3.11. The number of carbonyl (C=O) groups excluding carboxylic acids is 1. The van der Waals surface area contributed by atoms with Crippen LogP contribution in [0.3, 0.4) is 0 Å². The topological polar surface area (TPSA) is 50.8 Å². The summed E-state index contributed by atoms with van der Waals surface area (Å²) in [4.78, 5) is 15.4. The summed E-state index contributed by atoms with van der Waals surface area (Å²) in [5.74, 6) is 3.26. The summed E-state index contributed by atoms with van der Waals surface area (Å²) >= 11 is 7.83. The summed E-state index contributed by atoms with van der Waals surface area (Å²) in [5, 5.41) is 0.778. The molecular formula is C33H45ClN2O3S. The second-order valence-corrected chi connectivity index (χ2v) is 12.9. The van der Waals surface area contributed by atoms with Crippen LogP contribution < -0.4 is 14.4 Å². The van der Waals surface area contributed by atoms with Crippen LogP contribution in [-0.2, 0) is 11.2 Å². The first kappa shape index (κ1) is 30.8. The van der Waals surface area contributed by atoms with Gasteiger partial charge in [-0.1, -0.05) is 75.9 Å². The molecule has 0 saturated heterocycles. The minimum Gasteiger partial charge on any atom is -0.491 e. The van der Waals surface area contributed by atoms with E-state index in [4.69, 9.17) is 21.1 Å². The van der Waals surface area contributed by atoms with Gasteiger partial charge in [-0.05, 0) is 78.5 Å². The molecule has 0 radical (unpaired) electrons. The van der Waals surface area contributed by atoms with E-state index in [1.807, 2.05) is 38.3 Å². The third kappa shape index (κ3) is 7.57. The van der Waals surface area contributed by atoms with E-state index in [2.05, 4.69) is 54.7 Å². The molecule has 4 unspecified atom stereocenters. The molecule has 1 fully saturated rings. The molecule has 4 atom stereocenters. The van der Waals surface area contributed by atoms with E-state index in [-0.39, 0.29) is 17.9 Å². The SMILES string of the molecule is CCCc1cc(Cl)ccc1C1COc2ccc(C(=O)NSCC)cc2N(CC2CCC2C(/C=C/C(C)C)OC)C1. The fourth-order valence-electron chi connectivity index (χ4n) is 5.92. The highest BCUT2D eigenvalue weighted by Crippen LogP contribution is 2.43. The van der Waals surface area contributed by atoms with E-state index >= 15 is 0 Å². The van der Waals surface area contributed by atoms with Crippen molar-refractivity contribution in [1.82, 2.24) is 4.72 Å². The van der Waals surface area contributed by atoms with Crippen molar-refractivity contribution in [2.24, 2.45) is 17.8 Å². The lowest BCUT2D eigenvalue weighted by atomic mass is 9.70. The molecule has 2 aromatic rings. The van der Waals surface area contributed by atoms with Crippen LogP contribution in [0.2, 0.25) is 5.02 Å². The highest BCUT2D eigenvalue weighted by atomic mass is 35.5. The van der Waals surface area contributed by atoms with Crippen LogP contribution in [0.4, 0.5) is 5.69 Å². The van der Waals surface area contributed by atoms with Crippen LogP contribution in [0, 0.1) is 17.8 Å². The van der Waals surface area contributed by atoms with Crippen LogP contribution in [0.1, 0.15) is 74.4 Å². The van der Waals surface area contributed by atoms with Gasteiger partial charge < -0.3 is 14.4 Å². The number of rotatable bonds is 12. The van der Waals surface area contributed by atoms with Gasteiger partial charge in [0.15, 0.2) is 0 Å². The summed E-state index contributed by atoms with van der Waals surface area (Å²) < 4.78 is 15.4. The van der Waals surface area contributed by atoms with Crippen molar-refractivity contribution in [2.45, 2.75) is 65.4 Å². The quantitative estimate of drug-likeness (QED) is 0.203. The van der Waals surface area contributed by atoms with Crippen LogP contribution >= 0.6 is 23.5 Å². The predicted molar refractivity (Wildman–Crippen MR) is 169 cm³/mol. The van der Waals surface area contributed by atoms with Gasteiger partial charge in [0, 0.05) is 42.5 Å². The molecule has 1 amide bonds. The lowest BCUT2D eigenvalue weighted by Crippen LogP contribution is -2.44. The Labute approximate surface area is 250 Å². The molecule has 2 aliphatic rings. The first-order valence-electron chi connectivity index (χ1n) is 14.8. The number of amides is 1. The maximum absolute atomic E-state index is 12.9. The second kappa shape index (κ2) is 14.7. The lowest BCUT2D eigenvalue weighted by molar-refractivity contribution is 0.0133. The van der Waals surface area contributed by atoms with Gasteiger partial charge in [0.05, 0.1) is 18.4 Å². The molecule has 1 heterocycles. The zero-order valence-corrected chi connectivity index (χ0v) is 26.2. The Morgan fingerprint density at radius 3 is 2.70 bits per heavy atom. The minimum absolute atomic E-state index is 0.0712. The van der Waals surface area contributed by atoms with E-state index in [0.717, 1.165) is 48.1 Å². The fraction of sp³-hybridized carbons (Fsp3) is 0.545. The number of benzene rings is 2. The lowest BCUT2D eigenvalue weighted by Gasteiger charge is -2.43. The van der Waals surface area contributed by atoms with Crippen molar-refractivity contribution in [3.63, 3.8) is 0 Å². The molecule has 0 bridgehead atoms. The Balaban J connectivity index is 1.66. The van der Waals surface area contributed by atoms with Gasteiger partial charge in [0.2, 0.25) is 0 Å². The zero-order valence-electron chi connectivity index (χ0n) is 24.6. The Morgan fingerprint density at radius 1 is 1.20 bits per heavy atom. The highest BCUT2D eigenvalue weighted by Gasteiger charge is 2.38. The van der Waals surface area contributed by atoms with E-state index in [0.29, 0.717) is 29.9 Å². The number of fused-ring (bicyclic) bond motifs is 1. The van der Waals surface area contributed by atoms with Gasteiger partial charge in [0.1, 0.15) is 5.75 Å². The first-order chi connectivity index (χ1) is 19.3. The Morgan fingerprint density at radius 2 is 2.02 bits per heavy atom. The zero-order chi connectivity index (χ0) is 28.6. The van der Waals surface area contributed by atoms with Gasteiger partial charge in [-0.2, -0.15) is 0 Å². The number of nitrogens with one attached hydrogen (secondary N) is 1. The van der Waals surface area contributed by atoms with E-state index in [9.17, 15) is 4.79 Å². The number of anilines is 1. The summed E-state index contributed by atoms with van der Waals surface area (Å²) in [6, 6.07) is 12.1. The van der Waals surface area contributed by atoms with Gasteiger partial charge >= 0.3 is 0 Å². The fourth-order valence-corrected chi connectivity index (χ4v) is 6.50. The van der Waals surface area contributed by atoms with Gasteiger partial charge in [-0.25, -0.2) is 0 Å². The average molecular weight is 585 g/mol. The number of aryl methyl sites for hydroxylation is 1. The number of halogens is 1. The predicted octanol–water partition coefficient (Wildman–Crippen LogP) is 7.93. The van der Waals surface area contributed by atoms with Crippen LogP contribution in [0.15, 0.2) is 48.6 Å². The van der Waals surface area contributed by atoms with Gasteiger partial charge in [0.25, 0.3) is 5.91 Å². The molecule has 5 nitrogen and oxygen atoms in total. The number of allylic oxidation sites excluding steroid dienone is 1. The molecule has 4 rings (SSSR count). The summed E-state index contributed by atoms with van der Waals surface area (Å²) in [6.07, 6.45) is 9.02. The number of hydrogen-bond donors (Lipinski definition) is 1. The molecule has 1 N–H and O–H groups in total. The molecule has 2 aromatic carbocycles. The highest BCUT2D eigenvalue weighted by molar-refractivity contribution is 7.97. The minimum atomic E-state index is -0.0712. The van der Waals surface area contributed by atoms with E-state index in [1.165, 1.54) is 35.9 Å². The van der Waals surface area contributed by atoms with Crippen LogP contribution in [0.5, 0.6) is 5.75 Å². The van der Waals surface area contributed by atoms with Crippen molar-refractivity contribution >= 4 is 35.1 Å². The number of nitrogens with zero attached hydrogens (tertiary/aromatic N) is 1. The molecule has 7 heteroatoms. The molecule has 218 valence electrons. The Bertz CT molecular complexity index is 1170. The van der Waals surface area contributed by atoms with Crippen molar-refractivity contribution in [3.8, 4) is 5.75 Å². The van der Waals surface area contributed by atoms with Gasteiger partial charge in [-0.3, -0.25) is 9.52 Å². The number of carbonyl (C=O) groups is 1. The Hall–Kier alpha value is -2.15. The standard InChI is InChI=1S/C33H45ClN2O3S/c1-6-8-23-17-27(34)12-14-28(23)26-20-36(19-25-10-13-29(25)31(38-5)15-9-22(3)4)30-18-24(33(37)35-40-7-2)11-16-32(30)39-21-26/h9,11-12,14-18,22,25-26,29,31H,6-8,10,13,19-21H2,1-5H3,(H,35,37)/b15-9+. The molecule has 40 heavy (non-hydrogen) atoms. The Kier molecular flexibility index (Phi) is 11.3. The summed E-state index contributed by atoms with van der Waals surface area (Å²) in [6.45, 7) is 10.9. The second-order valence-electron chi connectivity index (χ2n) is 11.4. The van der Waals surface area contributed by atoms with Crippen LogP contribution in [0.25, 0.3) is 0 Å². The number of ether oxygens (including phenoxy) is 2. The van der Waals surface area contributed by atoms with Crippen molar-refractivity contribution in [1.29, 1.82) is 0 Å². The molecule has 1 aliphatic heterocycles. The molecule has 1 saturated carbocycles. The van der Waals surface area contributed by atoms with Crippen LogP contribution in [-0.4, -0.2) is 44.6 Å². The van der Waals surface area contributed by atoms with E-state index in [1.54, 1.807) is 0 Å². The van der Waals surface area contributed by atoms with Gasteiger partial charge in [-0.15, -0.1) is 0 Å². The normalized spacial score (nSPS) is 21.5. The maximum atomic E-state index is 12.9. The number of methoxy groups -OCH3 is 1. The largest absolute Gasteiger partial charge is 0.491 e. The first-order valence-corrected chi connectivity index (χ1v) is 16.1. The smallest absolute Gasteiger partial charge is 0.261 e. The van der Waals surface area contributed by atoms with Crippen molar-refractivity contribution in [3.05, 3.63) is 70.3 Å². The third-order valence-electron chi connectivity index (χ3n) is 8.13. The monoisotopic (exact) mass is 584 g/mol.